The van der Waals surface area contributed by atoms with Crippen molar-refractivity contribution in [2.45, 2.75) is 12.8 Å². The van der Waals surface area contributed by atoms with Gasteiger partial charge in [-0.25, -0.2) is 4.79 Å². The molecule has 0 heterocycles. The predicted octanol–water partition coefficient (Wildman–Crippen LogP) is 2.02. The van der Waals surface area contributed by atoms with Crippen LogP contribution in [0.1, 0.15) is 18.4 Å². The molecule has 1 aromatic rings. The monoisotopic (exact) mass is 220 g/mol. The van der Waals surface area contributed by atoms with Crippen molar-refractivity contribution in [2.24, 2.45) is 0 Å². The maximum Gasteiger partial charge on any atom is 0.331 e. The molecule has 0 aromatic heterocycles. The zero-order valence-electron chi connectivity index (χ0n) is 8.59. The minimum Gasteiger partial charge on any atom is -0.481 e. The van der Waals surface area contributed by atoms with E-state index in [0.29, 0.717) is 0 Å². The van der Waals surface area contributed by atoms with Crippen molar-refractivity contribution in [3.63, 3.8) is 0 Å². The van der Waals surface area contributed by atoms with E-state index in [1.54, 1.807) is 24.3 Å². The Labute approximate surface area is 92.8 Å². The molecule has 16 heavy (non-hydrogen) atoms. The van der Waals surface area contributed by atoms with E-state index in [-0.39, 0.29) is 18.4 Å². The molecule has 0 spiro atoms. The van der Waals surface area contributed by atoms with Crippen molar-refractivity contribution < 1.29 is 19.8 Å². The molecule has 4 heteroatoms. The number of carboxylic acids is 2. The molecule has 0 bridgehead atoms. The van der Waals surface area contributed by atoms with E-state index in [9.17, 15) is 9.59 Å². The third kappa shape index (κ3) is 3.96. The summed E-state index contributed by atoms with van der Waals surface area (Å²) in [5.74, 6) is -2.08. The lowest BCUT2D eigenvalue weighted by Gasteiger charge is -2.00. The Morgan fingerprint density at radius 3 is 2.19 bits per heavy atom. The summed E-state index contributed by atoms with van der Waals surface area (Å²) in [6, 6.07) is 8.95. The van der Waals surface area contributed by atoms with Crippen LogP contribution in [0.15, 0.2) is 35.9 Å². The van der Waals surface area contributed by atoms with Crippen molar-refractivity contribution >= 4 is 18.0 Å². The van der Waals surface area contributed by atoms with Crippen LogP contribution in [0.2, 0.25) is 0 Å². The highest BCUT2D eigenvalue weighted by Gasteiger charge is 2.09. The molecule has 0 radical (unpaired) electrons. The highest BCUT2D eigenvalue weighted by Crippen LogP contribution is 2.11. The molecule has 1 aromatic carbocycles. The van der Waals surface area contributed by atoms with Gasteiger partial charge in [0, 0.05) is 12.0 Å². The third-order valence-electron chi connectivity index (χ3n) is 2.02. The second-order valence-electron chi connectivity index (χ2n) is 3.28. The van der Waals surface area contributed by atoms with Crippen molar-refractivity contribution in [2.75, 3.05) is 0 Å². The number of carbonyl (C=O) groups is 2. The standard InChI is InChI=1S/C12H12O4/c13-11(14)7-6-10(12(15)16)8-9-4-2-1-3-5-9/h1-5,8H,6-7H2,(H,13,14)(H,15,16)/b10-8-. The molecule has 0 aliphatic heterocycles. The van der Waals surface area contributed by atoms with Crippen LogP contribution in [0.4, 0.5) is 0 Å². The average molecular weight is 220 g/mol. The Balaban J connectivity index is 2.81. The van der Waals surface area contributed by atoms with Gasteiger partial charge >= 0.3 is 11.9 Å². The highest BCUT2D eigenvalue weighted by atomic mass is 16.4. The number of hydrogen-bond donors (Lipinski definition) is 2. The fraction of sp³-hybridized carbons (Fsp3) is 0.167. The molecule has 1 rings (SSSR count). The first-order valence-corrected chi connectivity index (χ1v) is 4.80. The Morgan fingerprint density at radius 1 is 1.06 bits per heavy atom. The molecule has 84 valence electrons. The normalized spacial score (nSPS) is 11.1. The van der Waals surface area contributed by atoms with Crippen LogP contribution in [0, 0.1) is 0 Å². The van der Waals surface area contributed by atoms with Gasteiger partial charge in [-0.1, -0.05) is 30.3 Å². The summed E-state index contributed by atoms with van der Waals surface area (Å²) in [5, 5.41) is 17.4. The van der Waals surface area contributed by atoms with Gasteiger partial charge in [-0.15, -0.1) is 0 Å². The highest BCUT2D eigenvalue weighted by molar-refractivity contribution is 5.92. The number of aliphatic carboxylic acids is 2. The molecule has 0 aliphatic carbocycles. The molecule has 2 N–H and O–H groups in total. The van der Waals surface area contributed by atoms with Gasteiger partial charge < -0.3 is 10.2 Å². The summed E-state index contributed by atoms with van der Waals surface area (Å²) in [6.45, 7) is 0. The Bertz CT molecular complexity index is 406. The van der Waals surface area contributed by atoms with Crippen LogP contribution >= 0.6 is 0 Å². The first kappa shape index (κ1) is 12.0. The van der Waals surface area contributed by atoms with Gasteiger partial charge in [-0.3, -0.25) is 4.79 Å². The second kappa shape index (κ2) is 5.70. The van der Waals surface area contributed by atoms with Gasteiger partial charge in [0.25, 0.3) is 0 Å². The number of rotatable bonds is 5. The van der Waals surface area contributed by atoms with Crippen molar-refractivity contribution in [1.82, 2.24) is 0 Å². The fourth-order valence-electron chi connectivity index (χ4n) is 1.23. The summed E-state index contributed by atoms with van der Waals surface area (Å²) >= 11 is 0. The number of carboxylic acid groups (broad SMARTS) is 2. The van der Waals surface area contributed by atoms with Crippen LogP contribution in [-0.2, 0) is 9.59 Å². The minimum atomic E-state index is -1.08. The molecule has 0 unspecified atom stereocenters. The summed E-state index contributed by atoms with van der Waals surface area (Å²) in [6.07, 6.45) is 1.34. The van der Waals surface area contributed by atoms with Gasteiger partial charge in [0.1, 0.15) is 0 Å². The van der Waals surface area contributed by atoms with Gasteiger partial charge in [0.05, 0.1) is 0 Å². The largest absolute Gasteiger partial charge is 0.481 e. The lowest BCUT2D eigenvalue weighted by atomic mass is 10.1. The van der Waals surface area contributed by atoms with E-state index in [1.807, 2.05) is 6.07 Å². The molecule has 0 amide bonds. The first-order valence-electron chi connectivity index (χ1n) is 4.80. The van der Waals surface area contributed by atoms with Crippen LogP contribution in [0.5, 0.6) is 0 Å². The first-order chi connectivity index (χ1) is 7.59. The van der Waals surface area contributed by atoms with Gasteiger partial charge in [0.2, 0.25) is 0 Å². The van der Waals surface area contributed by atoms with Gasteiger partial charge in [0.15, 0.2) is 0 Å². The summed E-state index contributed by atoms with van der Waals surface area (Å²) in [4.78, 5) is 21.2. The lowest BCUT2D eigenvalue weighted by molar-refractivity contribution is -0.137. The predicted molar refractivity (Wildman–Crippen MR) is 58.9 cm³/mol. The smallest absolute Gasteiger partial charge is 0.331 e. The van der Waals surface area contributed by atoms with Gasteiger partial charge in [-0.2, -0.15) is 0 Å². The molecule has 0 fully saturated rings. The second-order valence-corrected chi connectivity index (χ2v) is 3.28. The maximum atomic E-state index is 10.9. The Hall–Kier alpha value is -2.10. The van der Waals surface area contributed by atoms with E-state index in [4.69, 9.17) is 10.2 Å². The summed E-state index contributed by atoms with van der Waals surface area (Å²) in [7, 11) is 0. The lowest BCUT2D eigenvalue weighted by Crippen LogP contribution is -2.03. The SMILES string of the molecule is O=C(O)CC/C(=C/c1ccccc1)C(=O)O. The number of hydrogen-bond acceptors (Lipinski definition) is 2. The summed E-state index contributed by atoms with van der Waals surface area (Å²) in [5.41, 5.74) is 0.860. The fourth-order valence-corrected chi connectivity index (χ4v) is 1.23. The Kier molecular flexibility index (Phi) is 4.27. The van der Waals surface area contributed by atoms with Crippen molar-refractivity contribution in [1.29, 1.82) is 0 Å². The van der Waals surface area contributed by atoms with Crippen LogP contribution in [-0.4, -0.2) is 22.2 Å². The molecular weight excluding hydrogens is 208 g/mol. The molecule has 0 saturated heterocycles. The average Bonchev–Trinajstić information content (AvgIpc) is 2.25. The topological polar surface area (TPSA) is 74.6 Å². The third-order valence-corrected chi connectivity index (χ3v) is 2.02. The molecule has 0 saturated carbocycles. The van der Waals surface area contributed by atoms with Crippen molar-refractivity contribution in [3.8, 4) is 0 Å². The minimum absolute atomic E-state index is 0.0273. The van der Waals surface area contributed by atoms with E-state index in [2.05, 4.69) is 0 Å². The van der Waals surface area contributed by atoms with Gasteiger partial charge in [-0.05, 0) is 18.1 Å². The summed E-state index contributed by atoms with van der Waals surface area (Å²) < 4.78 is 0. The van der Waals surface area contributed by atoms with E-state index < -0.39 is 11.9 Å². The van der Waals surface area contributed by atoms with Crippen LogP contribution < -0.4 is 0 Å². The van der Waals surface area contributed by atoms with Crippen molar-refractivity contribution in [3.05, 3.63) is 41.5 Å². The quantitative estimate of drug-likeness (QED) is 0.744. The molecule has 0 atom stereocenters. The number of benzene rings is 1. The van der Waals surface area contributed by atoms with Crippen LogP contribution in [0.3, 0.4) is 0 Å². The van der Waals surface area contributed by atoms with E-state index in [1.165, 1.54) is 6.08 Å². The Morgan fingerprint density at radius 2 is 1.69 bits per heavy atom. The van der Waals surface area contributed by atoms with Crippen LogP contribution in [0.25, 0.3) is 6.08 Å². The maximum absolute atomic E-state index is 10.9. The zero-order chi connectivity index (χ0) is 12.0. The molecular formula is C12H12O4. The van der Waals surface area contributed by atoms with E-state index >= 15 is 0 Å². The molecule has 4 nitrogen and oxygen atoms in total. The van der Waals surface area contributed by atoms with E-state index in [0.717, 1.165) is 5.56 Å². The molecule has 0 aliphatic rings. The zero-order valence-corrected chi connectivity index (χ0v) is 8.59.